The smallest absolute Gasteiger partial charge is 0.243 e. The molecule has 5 rings (SSSR count). The predicted octanol–water partition coefficient (Wildman–Crippen LogP) is 4.60. The SMILES string of the molecule is Cc1nnc(C(C)(C)n2cc(-c3cc(C4CCC(O)CC4)n4nc(C[C@@H](C)COC(C)F)ncc34)cn2)o1. The zero-order chi connectivity index (χ0) is 27.0. The van der Waals surface area contributed by atoms with E-state index in [4.69, 9.17) is 14.3 Å². The van der Waals surface area contributed by atoms with Crippen molar-refractivity contribution in [2.75, 3.05) is 6.61 Å². The van der Waals surface area contributed by atoms with Crippen LogP contribution in [0.2, 0.25) is 0 Å². The van der Waals surface area contributed by atoms with Crippen LogP contribution >= 0.6 is 0 Å². The Balaban J connectivity index is 1.50. The lowest BCUT2D eigenvalue weighted by molar-refractivity contribution is -0.0382. The lowest BCUT2D eigenvalue weighted by atomic mass is 9.85. The third kappa shape index (κ3) is 5.35. The fraction of sp³-hybridized carbons (Fsp3) is 0.593. The van der Waals surface area contributed by atoms with Crippen LogP contribution in [0.15, 0.2) is 29.1 Å². The van der Waals surface area contributed by atoms with Gasteiger partial charge in [0.25, 0.3) is 0 Å². The van der Waals surface area contributed by atoms with E-state index in [1.54, 1.807) is 6.92 Å². The zero-order valence-corrected chi connectivity index (χ0v) is 22.6. The molecule has 1 unspecified atom stereocenters. The van der Waals surface area contributed by atoms with Crippen molar-refractivity contribution < 1.29 is 18.7 Å². The van der Waals surface area contributed by atoms with Crippen LogP contribution in [0.3, 0.4) is 0 Å². The molecule has 0 amide bonds. The van der Waals surface area contributed by atoms with Gasteiger partial charge in [-0.1, -0.05) is 6.92 Å². The summed E-state index contributed by atoms with van der Waals surface area (Å²) in [5.41, 5.74) is 3.29. The summed E-state index contributed by atoms with van der Waals surface area (Å²) in [7, 11) is 0. The molecule has 11 heteroatoms. The Labute approximate surface area is 221 Å². The molecule has 4 aromatic heterocycles. The number of alkyl halides is 1. The number of aromatic nitrogens is 7. The number of hydrogen-bond acceptors (Lipinski definition) is 8. The van der Waals surface area contributed by atoms with E-state index >= 15 is 0 Å². The van der Waals surface area contributed by atoms with Crippen LogP contribution in [-0.2, 0) is 16.7 Å². The summed E-state index contributed by atoms with van der Waals surface area (Å²) in [6.07, 6.45) is 8.05. The maximum absolute atomic E-state index is 13.1. The highest BCUT2D eigenvalue weighted by Gasteiger charge is 2.31. The van der Waals surface area contributed by atoms with E-state index in [2.05, 4.69) is 26.3 Å². The molecule has 1 N–H and O–H groups in total. The van der Waals surface area contributed by atoms with E-state index in [0.29, 0.717) is 30.6 Å². The molecule has 2 atom stereocenters. The Hall–Kier alpha value is -3.18. The van der Waals surface area contributed by atoms with Crippen LogP contribution in [0.1, 0.15) is 82.6 Å². The molecule has 4 heterocycles. The normalized spacial score (nSPS) is 20.2. The van der Waals surface area contributed by atoms with Crippen molar-refractivity contribution in [3.05, 3.63) is 48.0 Å². The molecule has 0 saturated heterocycles. The minimum atomic E-state index is -1.30. The van der Waals surface area contributed by atoms with Crippen molar-refractivity contribution in [3.63, 3.8) is 0 Å². The van der Waals surface area contributed by atoms with Crippen molar-refractivity contribution in [1.82, 2.24) is 34.6 Å². The number of aryl methyl sites for hydroxylation is 1. The van der Waals surface area contributed by atoms with Crippen molar-refractivity contribution in [3.8, 4) is 11.1 Å². The van der Waals surface area contributed by atoms with Crippen LogP contribution in [0.4, 0.5) is 4.39 Å². The first kappa shape index (κ1) is 26.4. The predicted molar refractivity (Wildman–Crippen MR) is 138 cm³/mol. The average molecular weight is 526 g/mol. The van der Waals surface area contributed by atoms with E-state index < -0.39 is 11.9 Å². The van der Waals surface area contributed by atoms with Gasteiger partial charge in [-0.25, -0.2) is 13.9 Å². The first-order valence-electron chi connectivity index (χ1n) is 13.3. The summed E-state index contributed by atoms with van der Waals surface area (Å²) in [5, 5.41) is 27.8. The van der Waals surface area contributed by atoms with Gasteiger partial charge in [0.1, 0.15) is 11.4 Å². The number of hydrogen-bond donors (Lipinski definition) is 1. The van der Waals surface area contributed by atoms with Gasteiger partial charge < -0.3 is 14.3 Å². The van der Waals surface area contributed by atoms with Crippen LogP contribution in [0.25, 0.3) is 16.6 Å². The Bertz CT molecular complexity index is 1380. The standard InChI is InChI=1S/C27H36FN7O3/c1-16(15-37-17(2)28)10-25-29-13-24-22(11-23(35(24)33-25)19-6-8-21(36)9-7-19)20-12-30-34(14-20)27(4,5)26-32-31-18(3)38-26/h11-14,16-17,19,21,36H,6-10,15H2,1-5H3/t16-,17?,19?,21?/m1/s1. The maximum Gasteiger partial charge on any atom is 0.243 e. The zero-order valence-electron chi connectivity index (χ0n) is 22.6. The summed E-state index contributed by atoms with van der Waals surface area (Å²) in [6, 6.07) is 2.18. The van der Waals surface area contributed by atoms with Crippen molar-refractivity contribution in [2.45, 2.75) is 90.6 Å². The van der Waals surface area contributed by atoms with Gasteiger partial charge >= 0.3 is 0 Å². The van der Waals surface area contributed by atoms with Gasteiger partial charge in [0.15, 0.2) is 6.36 Å². The quantitative estimate of drug-likeness (QED) is 0.337. The molecule has 38 heavy (non-hydrogen) atoms. The summed E-state index contributed by atoms with van der Waals surface area (Å²) < 4.78 is 27.8. The van der Waals surface area contributed by atoms with E-state index in [9.17, 15) is 9.50 Å². The molecular formula is C27H36FN7O3. The van der Waals surface area contributed by atoms with E-state index in [1.807, 2.05) is 48.6 Å². The molecule has 1 saturated carbocycles. The monoisotopic (exact) mass is 525 g/mol. The molecule has 10 nitrogen and oxygen atoms in total. The van der Waals surface area contributed by atoms with E-state index in [0.717, 1.165) is 48.0 Å². The van der Waals surface area contributed by atoms with Crippen LogP contribution in [-0.4, -0.2) is 58.8 Å². The van der Waals surface area contributed by atoms with Gasteiger partial charge in [-0.15, -0.1) is 10.2 Å². The molecule has 1 aliphatic carbocycles. The molecule has 1 aliphatic rings. The van der Waals surface area contributed by atoms with Crippen LogP contribution < -0.4 is 0 Å². The number of ether oxygens (including phenoxy) is 1. The number of halogens is 1. The fourth-order valence-corrected chi connectivity index (χ4v) is 5.11. The van der Waals surface area contributed by atoms with E-state index in [-0.39, 0.29) is 17.9 Å². The first-order chi connectivity index (χ1) is 18.1. The van der Waals surface area contributed by atoms with Gasteiger partial charge in [0.2, 0.25) is 11.8 Å². The summed E-state index contributed by atoms with van der Waals surface area (Å²) in [5.74, 6) is 2.03. The second kappa shape index (κ2) is 10.5. The molecule has 1 fully saturated rings. The Morgan fingerprint density at radius 1 is 1.18 bits per heavy atom. The molecule has 0 aliphatic heterocycles. The Morgan fingerprint density at radius 3 is 2.63 bits per heavy atom. The molecule has 204 valence electrons. The molecule has 4 aromatic rings. The van der Waals surface area contributed by atoms with Gasteiger partial charge in [0, 0.05) is 42.3 Å². The first-order valence-corrected chi connectivity index (χ1v) is 13.3. The Kier molecular flexibility index (Phi) is 7.32. The van der Waals surface area contributed by atoms with Crippen molar-refractivity contribution >= 4 is 5.52 Å². The second-order valence-corrected chi connectivity index (χ2v) is 11.0. The highest BCUT2D eigenvalue weighted by molar-refractivity contribution is 5.80. The van der Waals surface area contributed by atoms with Crippen LogP contribution in [0, 0.1) is 12.8 Å². The third-order valence-corrected chi connectivity index (χ3v) is 7.36. The number of aliphatic hydroxyl groups is 1. The molecule has 0 bridgehead atoms. The van der Waals surface area contributed by atoms with Gasteiger partial charge in [-0.05, 0) is 58.4 Å². The summed E-state index contributed by atoms with van der Waals surface area (Å²) in [6.45, 7) is 9.42. The highest BCUT2D eigenvalue weighted by atomic mass is 19.1. The third-order valence-electron chi connectivity index (χ3n) is 7.36. The fourth-order valence-electron chi connectivity index (χ4n) is 5.11. The minimum absolute atomic E-state index is 0.0720. The molecule has 0 radical (unpaired) electrons. The van der Waals surface area contributed by atoms with Gasteiger partial charge in [-0.3, -0.25) is 4.68 Å². The second-order valence-electron chi connectivity index (χ2n) is 11.0. The number of aliphatic hydroxyl groups excluding tert-OH is 1. The molecule has 0 spiro atoms. The van der Waals surface area contributed by atoms with Gasteiger partial charge in [-0.2, -0.15) is 10.2 Å². The van der Waals surface area contributed by atoms with Gasteiger partial charge in [0.05, 0.1) is 30.6 Å². The summed E-state index contributed by atoms with van der Waals surface area (Å²) in [4.78, 5) is 4.65. The maximum atomic E-state index is 13.1. The minimum Gasteiger partial charge on any atom is -0.423 e. The number of rotatable bonds is 9. The van der Waals surface area contributed by atoms with Crippen LogP contribution in [0.5, 0.6) is 0 Å². The number of nitrogens with zero attached hydrogens (tertiary/aromatic N) is 7. The largest absolute Gasteiger partial charge is 0.423 e. The van der Waals surface area contributed by atoms with E-state index in [1.165, 1.54) is 6.92 Å². The Morgan fingerprint density at radius 2 is 1.95 bits per heavy atom. The number of fused-ring (bicyclic) bond motifs is 1. The summed E-state index contributed by atoms with van der Waals surface area (Å²) >= 11 is 0. The molecule has 0 aromatic carbocycles. The van der Waals surface area contributed by atoms with Crippen molar-refractivity contribution in [1.29, 1.82) is 0 Å². The lowest BCUT2D eigenvalue weighted by Crippen LogP contribution is -2.28. The van der Waals surface area contributed by atoms with Crippen molar-refractivity contribution in [2.24, 2.45) is 5.92 Å². The average Bonchev–Trinajstić information content (AvgIpc) is 3.62. The molecular weight excluding hydrogens is 489 g/mol. The lowest BCUT2D eigenvalue weighted by Gasteiger charge is -2.25. The highest BCUT2D eigenvalue weighted by Crippen LogP contribution is 2.38. The topological polar surface area (TPSA) is 116 Å².